The molecule has 1 heterocycles. The van der Waals surface area contributed by atoms with Crippen molar-refractivity contribution in [1.29, 1.82) is 0 Å². The van der Waals surface area contributed by atoms with E-state index >= 15 is 0 Å². The van der Waals surface area contributed by atoms with E-state index in [1.165, 1.54) is 10.6 Å². The number of carboxylic acids is 1. The van der Waals surface area contributed by atoms with Gasteiger partial charge in [0, 0.05) is 11.6 Å². The number of nitrogens with zero attached hydrogens (tertiary/aromatic N) is 1. The van der Waals surface area contributed by atoms with Gasteiger partial charge in [-0.05, 0) is 12.1 Å². The Balaban J connectivity index is 2.84. The lowest BCUT2D eigenvalue weighted by Crippen LogP contribution is -2.23. The topological polar surface area (TPSA) is 102 Å². The smallest absolute Gasteiger partial charge is 0.341 e. The number of carbonyl (C=O) groups is 2. The SMILES string of the molecule is NC(=O)Cn1cc(C(=O)O)c(=O)c2ccccc21. The Bertz CT molecular complexity index is 703. The minimum Gasteiger partial charge on any atom is -0.477 e. The van der Waals surface area contributed by atoms with Crippen LogP contribution in [-0.4, -0.2) is 21.6 Å². The van der Waals surface area contributed by atoms with Gasteiger partial charge in [0.1, 0.15) is 12.1 Å². The van der Waals surface area contributed by atoms with Crippen molar-refractivity contribution in [3.05, 3.63) is 46.2 Å². The number of nitrogens with two attached hydrogens (primary N) is 1. The van der Waals surface area contributed by atoms with Crippen molar-refractivity contribution >= 4 is 22.8 Å². The molecule has 3 N–H and O–H groups in total. The molecule has 18 heavy (non-hydrogen) atoms. The molecular weight excluding hydrogens is 236 g/mol. The number of rotatable bonds is 3. The van der Waals surface area contributed by atoms with Gasteiger partial charge in [-0.15, -0.1) is 0 Å². The third-order valence-electron chi connectivity index (χ3n) is 2.54. The highest BCUT2D eigenvalue weighted by molar-refractivity contribution is 5.93. The number of benzene rings is 1. The molecule has 0 atom stereocenters. The van der Waals surface area contributed by atoms with Crippen LogP contribution in [0, 0.1) is 0 Å². The Labute approximate surface area is 101 Å². The van der Waals surface area contributed by atoms with Crippen molar-refractivity contribution in [3.8, 4) is 0 Å². The fraction of sp³-hybridized carbons (Fsp3) is 0.0833. The minimum absolute atomic E-state index is 0.179. The summed E-state index contributed by atoms with van der Waals surface area (Å²) in [5.41, 5.74) is 4.62. The van der Waals surface area contributed by atoms with Gasteiger partial charge in [0.25, 0.3) is 0 Å². The van der Waals surface area contributed by atoms with Gasteiger partial charge in [-0.25, -0.2) is 4.79 Å². The number of carbonyl (C=O) groups excluding carboxylic acids is 1. The monoisotopic (exact) mass is 246 g/mol. The number of primary amides is 1. The van der Waals surface area contributed by atoms with E-state index in [1.54, 1.807) is 18.2 Å². The van der Waals surface area contributed by atoms with E-state index in [4.69, 9.17) is 10.8 Å². The second-order valence-electron chi connectivity index (χ2n) is 3.79. The Morgan fingerprint density at radius 3 is 2.56 bits per heavy atom. The highest BCUT2D eigenvalue weighted by Crippen LogP contribution is 2.11. The fourth-order valence-electron chi connectivity index (χ4n) is 1.80. The summed E-state index contributed by atoms with van der Waals surface area (Å²) in [5, 5.41) is 9.20. The fourth-order valence-corrected chi connectivity index (χ4v) is 1.80. The molecular formula is C12H10N2O4. The molecule has 92 valence electrons. The number of para-hydroxylation sites is 1. The molecule has 6 nitrogen and oxygen atoms in total. The van der Waals surface area contributed by atoms with E-state index in [0.717, 1.165) is 6.20 Å². The molecule has 0 spiro atoms. The van der Waals surface area contributed by atoms with Crippen LogP contribution in [0.5, 0.6) is 0 Å². The van der Waals surface area contributed by atoms with Gasteiger partial charge in [-0.2, -0.15) is 0 Å². The number of fused-ring (bicyclic) bond motifs is 1. The molecule has 0 aliphatic rings. The van der Waals surface area contributed by atoms with E-state index in [-0.39, 0.29) is 17.5 Å². The van der Waals surface area contributed by atoms with Crippen LogP contribution in [-0.2, 0) is 11.3 Å². The largest absolute Gasteiger partial charge is 0.477 e. The number of aromatic nitrogens is 1. The summed E-state index contributed by atoms with van der Waals surface area (Å²) in [6.07, 6.45) is 1.14. The summed E-state index contributed by atoms with van der Waals surface area (Å²) >= 11 is 0. The number of hydrogen-bond acceptors (Lipinski definition) is 3. The average molecular weight is 246 g/mol. The number of carboxylic acid groups (broad SMARTS) is 1. The lowest BCUT2D eigenvalue weighted by Gasteiger charge is -2.09. The van der Waals surface area contributed by atoms with E-state index in [0.29, 0.717) is 5.52 Å². The Hall–Kier alpha value is -2.63. The molecule has 2 aromatic rings. The minimum atomic E-state index is -1.33. The van der Waals surface area contributed by atoms with E-state index in [9.17, 15) is 14.4 Å². The van der Waals surface area contributed by atoms with Gasteiger partial charge < -0.3 is 15.4 Å². The zero-order valence-corrected chi connectivity index (χ0v) is 9.29. The quantitative estimate of drug-likeness (QED) is 0.806. The summed E-state index contributed by atoms with van der Waals surface area (Å²) in [6.45, 7) is -0.179. The lowest BCUT2D eigenvalue weighted by atomic mass is 10.1. The van der Waals surface area contributed by atoms with Gasteiger partial charge in [0.05, 0.1) is 5.52 Å². The summed E-state index contributed by atoms with van der Waals surface area (Å²) < 4.78 is 1.36. The molecule has 0 aliphatic carbocycles. The predicted octanol–water partition coefficient (Wildman–Crippen LogP) is 0.185. The van der Waals surface area contributed by atoms with Crippen LogP contribution in [0.1, 0.15) is 10.4 Å². The van der Waals surface area contributed by atoms with Crippen molar-refractivity contribution in [3.63, 3.8) is 0 Å². The molecule has 6 heteroatoms. The molecule has 1 aromatic heterocycles. The van der Waals surface area contributed by atoms with E-state index in [1.807, 2.05) is 0 Å². The summed E-state index contributed by atoms with van der Waals surface area (Å²) in [7, 11) is 0. The summed E-state index contributed by atoms with van der Waals surface area (Å²) in [6, 6.07) is 6.47. The molecule has 1 aromatic carbocycles. The van der Waals surface area contributed by atoms with Crippen LogP contribution in [0.25, 0.3) is 10.9 Å². The Kier molecular flexibility index (Phi) is 2.85. The number of pyridine rings is 1. The van der Waals surface area contributed by atoms with Gasteiger partial charge in [-0.1, -0.05) is 12.1 Å². The normalized spacial score (nSPS) is 10.4. The maximum absolute atomic E-state index is 11.9. The second kappa shape index (κ2) is 4.33. The van der Waals surface area contributed by atoms with Gasteiger partial charge in [0.15, 0.2) is 0 Å². The predicted molar refractivity (Wildman–Crippen MR) is 64.4 cm³/mol. The van der Waals surface area contributed by atoms with Crippen LogP contribution >= 0.6 is 0 Å². The Morgan fingerprint density at radius 2 is 1.94 bits per heavy atom. The zero-order valence-electron chi connectivity index (χ0n) is 9.29. The van der Waals surface area contributed by atoms with Crippen molar-refractivity contribution in [1.82, 2.24) is 4.57 Å². The summed E-state index contributed by atoms with van der Waals surface area (Å²) in [5.74, 6) is -1.94. The second-order valence-corrected chi connectivity index (χ2v) is 3.79. The van der Waals surface area contributed by atoms with Crippen molar-refractivity contribution < 1.29 is 14.7 Å². The van der Waals surface area contributed by atoms with Gasteiger partial charge in [-0.3, -0.25) is 9.59 Å². The molecule has 0 bridgehead atoms. The van der Waals surface area contributed by atoms with Crippen molar-refractivity contribution in [2.75, 3.05) is 0 Å². The number of aromatic carboxylic acids is 1. The molecule has 0 saturated heterocycles. The molecule has 1 amide bonds. The van der Waals surface area contributed by atoms with Gasteiger partial charge in [0.2, 0.25) is 11.3 Å². The van der Waals surface area contributed by atoms with Crippen molar-refractivity contribution in [2.24, 2.45) is 5.73 Å². The van der Waals surface area contributed by atoms with Crippen LogP contribution in [0.4, 0.5) is 0 Å². The first-order valence-electron chi connectivity index (χ1n) is 5.14. The summed E-state index contributed by atoms with van der Waals surface area (Å²) in [4.78, 5) is 33.8. The maximum atomic E-state index is 11.9. The highest BCUT2D eigenvalue weighted by Gasteiger charge is 2.14. The third-order valence-corrected chi connectivity index (χ3v) is 2.54. The van der Waals surface area contributed by atoms with Gasteiger partial charge >= 0.3 is 5.97 Å². The number of amides is 1. The lowest BCUT2D eigenvalue weighted by molar-refractivity contribution is -0.118. The molecule has 0 unspecified atom stereocenters. The standard InChI is InChI=1S/C12H10N2O4/c13-10(15)6-14-5-8(12(17)18)11(16)7-3-1-2-4-9(7)14/h1-5H,6H2,(H2,13,15)(H,17,18). The average Bonchev–Trinajstić information content (AvgIpc) is 2.32. The van der Waals surface area contributed by atoms with Crippen LogP contribution in [0.2, 0.25) is 0 Å². The first-order chi connectivity index (χ1) is 8.50. The molecule has 2 rings (SSSR count). The van der Waals surface area contributed by atoms with E-state index in [2.05, 4.69) is 0 Å². The zero-order chi connectivity index (χ0) is 13.3. The third kappa shape index (κ3) is 1.95. The molecule has 0 aliphatic heterocycles. The molecule has 0 saturated carbocycles. The first kappa shape index (κ1) is 11.8. The van der Waals surface area contributed by atoms with Crippen molar-refractivity contribution in [2.45, 2.75) is 6.54 Å². The Morgan fingerprint density at radius 1 is 1.28 bits per heavy atom. The highest BCUT2D eigenvalue weighted by atomic mass is 16.4. The molecule has 0 radical (unpaired) electrons. The van der Waals surface area contributed by atoms with Crippen LogP contribution in [0.15, 0.2) is 35.3 Å². The van der Waals surface area contributed by atoms with E-state index < -0.39 is 17.3 Å². The van der Waals surface area contributed by atoms with Crippen LogP contribution in [0.3, 0.4) is 0 Å². The maximum Gasteiger partial charge on any atom is 0.341 e. The number of hydrogen-bond donors (Lipinski definition) is 2. The van der Waals surface area contributed by atoms with Crippen LogP contribution < -0.4 is 11.2 Å². The molecule has 0 fully saturated rings. The first-order valence-corrected chi connectivity index (χ1v) is 5.14.